The zero-order valence-corrected chi connectivity index (χ0v) is 25.7. The van der Waals surface area contributed by atoms with Gasteiger partial charge in [-0.05, 0) is 94.0 Å². The fourth-order valence-electron chi connectivity index (χ4n) is 5.94. The van der Waals surface area contributed by atoms with Crippen molar-refractivity contribution >= 4 is 39.4 Å². The van der Waals surface area contributed by atoms with Gasteiger partial charge >= 0.3 is 12.4 Å². The van der Waals surface area contributed by atoms with Gasteiger partial charge in [-0.3, -0.25) is 24.8 Å². The first-order valence-electron chi connectivity index (χ1n) is 14.0. The molecule has 11 nitrogen and oxygen atoms in total. The van der Waals surface area contributed by atoms with Crippen LogP contribution in [0.5, 0.6) is 5.75 Å². The molecule has 3 aliphatic heterocycles. The number of imide groups is 1. The molecule has 0 unspecified atom stereocenters. The van der Waals surface area contributed by atoms with Crippen molar-refractivity contribution in [2.75, 3.05) is 23.7 Å². The van der Waals surface area contributed by atoms with Crippen LogP contribution in [-0.4, -0.2) is 72.7 Å². The lowest BCUT2D eigenvalue weighted by Gasteiger charge is -2.34. The van der Waals surface area contributed by atoms with E-state index in [4.69, 9.17) is 0 Å². The van der Waals surface area contributed by atoms with Crippen molar-refractivity contribution in [3.05, 3.63) is 58.4 Å². The Bertz CT molecular complexity index is 1710. The average molecular weight is 654 g/mol. The molecule has 0 atom stereocenters. The molecule has 2 N–H and O–H groups in total. The highest BCUT2D eigenvalue weighted by Gasteiger charge is 2.48. The number of hydrogen-bond donors (Lipinski definition) is 2. The first kappa shape index (κ1) is 32.3. The molecule has 4 amide bonds. The van der Waals surface area contributed by atoms with Crippen LogP contribution in [0.15, 0.2) is 35.3 Å². The van der Waals surface area contributed by atoms with Gasteiger partial charge in [0, 0.05) is 24.3 Å². The van der Waals surface area contributed by atoms with Crippen LogP contribution in [0.3, 0.4) is 0 Å². The van der Waals surface area contributed by atoms with Gasteiger partial charge in [0.05, 0.1) is 5.75 Å². The Balaban J connectivity index is 1.26. The third-order valence-corrected chi connectivity index (χ3v) is 10.3. The summed E-state index contributed by atoms with van der Waals surface area (Å²) in [5, 5.41) is 4.83. The monoisotopic (exact) mass is 653 g/mol. The summed E-state index contributed by atoms with van der Waals surface area (Å²) in [6.07, 6.45) is -4.86. The molecule has 2 fully saturated rings. The minimum absolute atomic E-state index is 0.00760. The van der Waals surface area contributed by atoms with E-state index in [2.05, 4.69) is 20.4 Å². The van der Waals surface area contributed by atoms with Crippen molar-refractivity contribution in [2.24, 2.45) is 4.99 Å². The molecule has 0 aromatic heterocycles. The second-order valence-electron chi connectivity index (χ2n) is 11.8. The normalized spacial score (nSPS) is 20.0. The fourth-order valence-corrected chi connectivity index (χ4v) is 7.39. The third-order valence-electron chi connectivity index (χ3n) is 8.44. The van der Waals surface area contributed by atoms with Crippen molar-refractivity contribution in [1.29, 1.82) is 0 Å². The van der Waals surface area contributed by atoms with E-state index < -0.39 is 56.9 Å². The van der Waals surface area contributed by atoms with Crippen molar-refractivity contribution in [1.82, 2.24) is 14.9 Å². The van der Waals surface area contributed by atoms with Crippen LogP contribution in [0.4, 0.5) is 28.0 Å². The number of nitrogens with zero attached hydrogens (tertiary/aromatic N) is 3. The van der Waals surface area contributed by atoms with Gasteiger partial charge in [0.15, 0.2) is 11.6 Å². The lowest BCUT2D eigenvalue weighted by atomic mass is 9.89. The van der Waals surface area contributed by atoms with Crippen LogP contribution in [-0.2, 0) is 26.0 Å². The van der Waals surface area contributed by atoms with Crippen molar-refractivity contribution < 1.29 is 45.1 Å². The van der Waals surface area contributed by atoms with E-state index in [9.17, 15) is 40.4 Å². The number of aryl methyl sites for hydroxylation is 2. The predicted molar refractivity (Wildman–Crippen MR) is 155 cm³/mol. The number of carbonyl (C=O) groups is 3. The number of urea groups is 1. The van der Waals surface area contributed by atoms with E-state index in [0.29, 0.717) is 5.69 Å². The summed E-state index contributed by atoms with van der Waals surface area (Å²) in [4.78, 5) is 43.4. The first-order valence-corrected chi connectivity index (χ1v) is 15.6. The van der Waals surface area contributed by atoms with Crippen LogP contribution < -0.4 is 20.3 Å². The summed E-state index contributed by atoms with van der Waals surface area (Å²) in [7, 11) is -3.76. The number of sulfonamides is 1. The molecule has 2 saturated heterocycles. The summed E-state index contributed by atoms with van der Waals surface area (Å²) in [6, 6.07) is 5.67. The van der Waals surface area contributed by atoms with Gasteiger partial charge in [0.25, 0.3) is 11.8 Å². The number of aliphatic imine (C=N–C) groups is 1. The van der Waals surface area contributed by atoms with E-state index in [1.165, 1.54) is 9.21 Å². The Labute approximate surface area is 256 Å². The van der Waals surface area contributed by atoms with E-state index >= 15 is 0 Å². The quantitative estimate of drug-likeness (QED) is 0.347. The number of nitrogens with one attached hydrogen (secondary N) is 2. The number of anilines is 1. The van der Waals surface area contributed by atoms with Crippen molar-refractivity contribution in [3.8, 4) is 5.75 Å². The van der Waals surface area contributed by atoms with E-state index in [-0.39, 0.29) is 49.5 Å². The zero-order valence-electron chi connectivity index (χ0n) is 24.8. The molecule has 0 aliphatic carbocycles. The number of piperidine rings is 1. The highest BCUT2D eigenvalue weighted by molar-refractivity contribution is 7.89. The maximum absolute atomic E-state index is 13.9. The maximum atomic E-state index is 13.9. The van der Waals surface area contributed by atoms with Gasteiger partial charge in [-0.15, -0.1) is 13.2 Å². The molecule has 0 radical (unpaired) electrons. The number of benzene rings is 2. The second kappa shape index (κ2) is 11.1. The summed E-state index contributed by atoms with van der Waals surface area (Å²) in [6.45, 7) is 6.85. The molecule has 45 heavy (non-hydrogen) atoms. The third kappa shape index (κ3) is 6.12. The van der Waals surface area contributed by atoms with Gasteiger partial charge in [-0.1, -0.05) is 0 Å². The van der Waals surface area contributed by atoms with Crippen LogP contribution in [0.1, 0.15) is 48.9 Å². The largest absolute Gasteiger partial charge is 0.573 e. The molecule has 0 saturated carbocycles. The Kier molecular flexibility index (Phi) is 7.97. The minimum Gasteiger partial charge on any atom is -0.403 e. The maximum Gasteiger partial charge on any atom is 0.573 e. The van der Waals surface area contributed by atoms with Crippen molar-refractivity contribution in [3.63, 3.8) is 0 Å². The van der Waals surface area contributed by atoms with Crippen LogP contribution in [0, 0.1) is 19.7 Å². The number of amides is 4. The van der Waals surface area contributed by atoms with Crippen molar-refractivity contribution in [2.45, 2.75) is 64.4 Å². The molecule has 5 rings (SSSR count). The summed E-state index contributed by atoms with van der Waals surface area (Å²) in [5.41, 5.74) is 0.429. The smallest absolute Gasteiger partial charge is 0.403 e. The van der Waals surface area contributed by atoms with E-state index in [1.807, 2.05) is 0 Å². The highest BCUT2D eigenvalue weighted by atomic mass is 32.2. The molecular weight excluding hydrogens is 622 g/mol. The van der Waals surface area contributed by atoms with E-state index in [1.54, 1.807) is 39.8 Å². The lowest BCUT2D eigenvalue weighted by molar-refractivity contribution is -0.275. The number of amidine groups is 1. The zero-order chi connectivity index (χ0) is 33.1. The van der Waals surface area contributed by atoms with E-state index in [0.717, 1.165) is 34.9 Å². The molecule has 16 heteroatoms. The molecule has 3 heterocycles. The lowest BCUT2D eigenvalue weighted by Crippen LogP contribution is -2.50. The topological polar surface area (TPSA) is 137 Å². The second-order valence-corrected chi connectivity index (χ2v) is 13.9. The minimum atomic E-state index is -5.12. The Morgan fingerprint density at radius 2 is 1.60 bits per heavy atom. The van der Waals surface area contributed by atoms with Gasteiger partial charge in [0.1, 0.15) is 16.9 Å². The van der Waals surface area contributed by atoms with Gasteiger partial charge in [0.2, 0.25) is 10.0 Å². The van der Waals surface area contributed by atoms with Crippen LogP contribution in [0.2, 0.25) is 0 Å². The van der Waals surface area contributed by atoms with Crippen LogP contribution in [0.25, 0.3) is 0 Å². The van der Waals surface area contributed by atoms with Gasteiger partial charge < -0.3 is 10.1 Å². The Morgan fingerprint density at radius 3 is 2.16 bits per heavy atom. The average Bonchev–Trinajstić information content (AvgIpc) is 3.34. The fraction of sp³-hybridized carbons (Fsp3) is 0.448. The predicted octanol–water partition coefficient (Wildman–Crippen LogP) is 3.46. The molecule has 2 aromatic carbocycles. The first-order chi connectivity index (χ1) is 20.8. The number of ether oxygens (including phenoxy) is 1. The summed E-state index contributed by atoms with van der Waals surface area (Å²) < 4.78 is 83.5. The summed E-state index contributed by atoms with van der Waals surface area (Å²) >= 11 is 0. The van der Waals surface area contributed by atoms with Gasteiger partial charge in [-0.25, -0.2) is 21.9 Å². The number of halogens is 4. The number of rotatable bonds is 7. The number of hydrogen-bond acceptors (Lipinski definition) is 7. The standard InChI is InChI=1S/C29H31F4N5O6S/c1-16-13-19(38-26(41)35-24(39)27(38,3)4)14-17(2)20(16)7-12-45(42,43)37-10-8-28(9-11-37)25(40)34-23(36-28)18-5-6-21(30)22(15-18)44-29(31,32)33/h5-6,13-15H,7-12H2,1-4H3,(H,34,36,40)(H,35,39,41). The van der Waals surface area contributed by atoms with Crippen LogP contribution >= 0.6 is 0 Å². The molecular formula is C29H31F4N5O6S. The molecule has 0 bridgehead atoms. The highest BCUT2D eigenvalue weighted by Crippen LogP contribution is 2.35. The Hall–Kier alpha value is -4.05. The molecule has 3 aliphatic rings. The molecule has 1 spiro atoms. The molecule has 2 aromatic rings. The molecule has 242 valence electrons. The number of alkyl halides is 3. The Morgan fingerprint density at radius 1 is 0.978 bits per heavy atom. The summed E-state index contributed by atoms with van der Waals surface area (Å²) in [5.74, 6) is -3.53. The SMILES string of the molecule is Cc1cc(N2C(=O)NC(=O)C2(C)C)cc(C)c1CCS(=O)(=O)N1CCC2(CC1)N=C(c1ccc(F)c(OC(F)(F)F)c1)NC2=O. The van der Waals surface area contributed by atoms with Gasteiger partial charge in [-0.2, -0.15) is 0 Å². The number of carbonyl (C=O) groups excluding carboxylic acids is 3.